The van der Waals surface area contributed by atoms with Crippen LogP contribution in [0.2, 0.25) is 0 Å². The van der Waals surface area contributed by atoms with Crippen LogP contribution < -0.4 is 5.73 Å². The maximum Gasteiger partial charge on any atom is 0.269 e. The third-order valence-electron chi connectivity index (χ3n) is 2.12. The monoisotopic (exact) mass is 231 g/mol. The van der Waals surface area contributed by atoms with Gasteiger partial charge in [-0.3, -0.25) is 14.9 Å². The number of non-ortho nitro benzene ring substituents is 1. The van der Waals surface area contributed by atoms with E-state index in [4.69, 9.17) is 11.0 Å². The Morgan fingerprint density at radius 3 is 2.29 bits per heavy atom. The number of hydrogen-bond acceptors (Lipinski definition) is 5. The highest BCUT2D eigenvalue weighted by atomic mass is 16.6. The predicted molar refractivity (Wildman–Crippen MR) is 60.5 cm³/mol. The minimum absolute atomic E-state index is 0.0231. The van der Waals surface area contributed by atoms with Gasteiger partial charge in [-0.05, 0) is 24.6 Å². The van der Waals surface area contributed by atoms with Crippen LogP contribution >= 0.6 is 0 Å². The van der Waals surface area contributed by atoms with Crippen LogP contribution in [0.15, 0.2) is 29.8 Å². The molecule has 17 heavy (non-hydrogen) atoms. The molecule has 1 aromatic carbocycles. The van der Waals surface area contributed by atoms with Gasteiger partial charge in [-0.1, -0.05) is 0 Å². The number of benzene rings is 1. The average Bonchev–Trinajstić information content (AvgIpc) is 2.29. The van der Waals surface area contributed by atoms with Gasteiger partial charge in [0.15, 0.2) is 5.78 Å². The molecule has 1 aromatic rings. The van der Waals surface area contributed by atoms with Crippen molar-refractivity contribution in [2.45, 2.75) is 6.92 Å². The van der Waals surface area contributed by atoms with Crippen LogP contribution in [0.3, 0.4) is 0 Å². The Morgan fingerprint density at radius 2 is 1.94 bits per heavy atom. The fourth-order valence-corrected chi connectivity index (χ4v) is 1.24. The molecule has 0 saturated heterocycles. The molecule has 0 amide bonds. The minimum Gasteiger partial charge on any atom is -0.397 e. The number of allylic oxidation sites excluding steroid dienone is 1. The van der Waals surface area contributed by atoms with Crippen molar-refractivity contribution in [1.82, 2.24) is 0 Å². The number of nitriles is 1. The van der Waals surface area contributed by atoms with Crippen molar-refractivity contribution in [1.29, 1.82) is 5.26 Å². The van der Waals surface area contributed by atoms with Crippen molar-refractivity contribution in [2.75, 3.05) is 0 Å². The number of carbonyl (C=O) groups excluding carboxylic acids is 1. The molecular formula is C11H9N3O3. The number of rotatable bonds is 3. The van der Waals surface area contributed by atoms with E-state index in [1.807, 2.05) is 0 Å². The molecule has 0 aliphatic heterocycles. The normalized spacial score (nSPS) is 11.3. The summed E-state index contributed by atoms with van der Waals surface area (Å²) in [5, 5.41) is 19.2. The molecule has 0 spiro atoms. The van der Waals surface area contributed by atoms with Gasteiger partial charge in [0.1, 0.15) is 11.6 Å². The van der Waals surface area contributed by atoms with Crippen molar-refractivity contribution in [3.8, 4) is 6.07 Å². The summed E-state index contributed by atoms with van der Waals surface area (Å²) in [6.45, 7) is 1.23. The van der Waals surface area contributed by atoms with Gasteiger partial charge in [-0.25, -0.2) is 0 Å². The van der Waals surface area contributed by atoms with Crippen LogP contribution in [-0.4, -0.2) is 10.7 Å². The Labute approximate surface area is 97.1 Å². The van der Waals surface area contributed by atoms with Crippen LogP contribution in [0.25, 0.3) is 5.70 Å². The van der Waals surface area contributed by atoms with E-state index in [9.17, 15) is 14.9 Å². The molecule has 0 aliphatic carbocycles. The molecule has 1 rings (SSSR count). The van der Waals surface area contributed by atoms with Gasteiger partial charge < -0.3 is 5.73 Å². The van der Waals surface area contributed by atoms with Crippen LogP contribution in [-0.2, 0) is 4.79 Å². The summed E-state index contributed by atoms with van der Waals surface area (Å²) in [5.41, 5.74) is 5.84. The maximum absolute atomic E-state index is 11.1. The first-order valence-corrected chi connectivity index (χ1v) is 4.63. The second kappa shape index (κ2) is 4.90. The molecule has 0 atom stereocenters. The van der Waals surface area contributed by atoms with E-state index in [0.29, 0.717) is 5.56 Å². The lowest BCUT2D eigenvalue weighted by atomic mass is 10.1. The van der Waals surface area contributed by atoms with Crippen LogP contribution in [0.1, 0.15) is 12.5 Å². The lowest BCUT2D eigenvalue weighted by molar-refractivity contribution is -0.384. The van der Waals surface area contributed by atoms with Gasteiger partial charge in [0.25, 0.3) is 5.69 Å². The number of hydrogen-bond donors (Lipinski definition) is 1. The molecular weight excluding hydrogens is 222 g/mol. The molecule has 6 nitrogen and oxygen atoms in total. The van der Waals surface area contributed by atoms with Gasteiger partial charge in [-0.2, -0.15) is 5.26 Å². The number of carbonyl (C=O) groups is 1. The Morgan fingerprint density at radius 1 is 1.41 bits per heavy atom. The largest absolute Gasteiger partial charge is 0.397 e. The first kappa shape index (κ1) is 12.4. The Hall–Kier alpha value is -2.68. The van der Waals surface area contributed by atoms with Crippen LogP contribution in [0, 0.1) is 21.4 Å². The van der Waals surface area contributed by atoms with Crippen molar-refractivity contribution < 1.29 is 9.72 Å². The average molecular weight is 231 g/mol. The van der Waals surface area contributed by atoms with E-state index in [2.05, 4.69) is 0 Å². The summed E-state index contributed by atoms with van der Waals surface area (Å²) in [5.74, 6) is -0.441. The lowest BCUT2D eigenvalue weighted by Gasteiger charge is -2.02. The lowest BCUT2D eigenvalue weighted by Crippen LogP contribution is -2.06. The molecule has 0 saturated carbocycles. The maximum atomic E-state index is 11.1. The second-order valence-electron chi connectivity index (χ2n) is 3.26. The molecule has 86 valence electrons. The smallest absolute Gasteiger partial charge is 0.269 e. The fourth-order valence-electron chi connectivity index (χ4n) is 1.24. The van der Waals surface area contributed by atoms with Gasteiger partial charge in [-0.15, -0.1) is 0 Å². The Kier molecular flexibility index (Phi) is 3.57. The van der Waals surface area contributed by atoms with Crippen molar-refractivity contribution in [3.05, 3.63) is 45.5 Å². The number of nitrogens with zero attached hydrogens (tertiary/aromatic N) is 2. The number of Topliss-reactive ketones (excluding diaryl/α,β-unsaturated/α-hetero) is 1. The zero-order valence-electron chi connectivity index (χ0n) is 9.01. The SMILES string of the molecule is CC(=O)/C(C#N)=C(\N)c1ccc([N+](=O)[O-])cc1. The van der Waals surface area contributed by atoms with E-state index in [1.165, 1.54) is 31.2 Å². The fraction of sp³-hybridized carbons (Fsp3) is 0.0909. The Balaban J connectivity index is 3.22. The van der Waals surface area contributed by atoms with E-state index in [1.54, 1.807) is 6.07 Å². The summed E-state index contributed by atoms with van der Waals surface area (Å²) in [6, 6.07) is 7.02. The third kappa shape index (κ3) is 2.66. The second-order valence-corrected chi connectivity index (χ2v) is 3.26. The number of nitro benzene ring substituents is 1. The van der Waals surface area contributed by atoms with Gasteiger partial charge >= 0.3 is 0 Å². The van der Waals surface area contributed by atoms with E-state index in [-0.39, 0.29) is 17.0 Å². The highest BCUT2D eigenvalue weighted by molar-refractivity contribution is 6.04. The molecule has 6 heteroatoms. The van der Waals surface area contributed by atoms with Gasteiger partial charge in [0.2, 0.25) is 0 Å². The van der Waals surface area contributed by atoms with Crippen LogP contribution in [0.5, 0.6) is 0 Å². The molecule has 0 aliphatic rings. The highest BCUT2D eigenvalue weighted by Crippen LogP contribution is 2.18. The van der Waals surface area contributed by atoms with Crippen molar-refractivity contribution in [3.63, 3.8) is 0 Å². The quantitative estimate of drug-likeness (QED) is 0.365. The molecule has 0 heterocycles. The number of ketones is 1. The number of nitrogens with two attached hydrogens (primary N) is 1. The highest BCUT2D eigenvalue weighted by Gasteiger charge is 2.11. The standard InChI is InChI=1S/C11H9N3O3/c1-7(15)10(6-12)11(13)8-2-4-9(5-3-8)14(16)17/h2-5H,13H2,1H3/b11-10-. The first-order chi connectivity index (χ1) is 7.97. The van der Waals surface area contributed by atoms with E-state index < -0.39 is 10.7 Å². The molecule has 0 fully saturated rings. The van der Waals surface area contributed by atoms with Gasteiger partial charge in [0, 0.05) is 12.1 Å². The summed E-state index contributed by atoms with van der Waals surface area (Å²) in [6.07, 6.45) is 0. The molecule has 0 radical (unpaired) electrons. The zero-order chi connectivity index (χ0) is 13.0. The predicted octanol–water partition coefficient (Wildman–Crippen LogP) is 1.38. The zero-order valence-corrected chi connectivity index (χ0v) is 9.01. The summed E-state index contributed by atoms with van der Waals surface area (Å²) in [7, 11) is 0. The molecule has 2 N–H and O–H groups in total. The molecule has 0 bridgehead atoms. The van der Waals surface area contributed by atoms with Crippen molar-refractivity contribution >= 4 is 17.2 Å². The van der Waals surface area contributed by atoms with Gasteiger partial charge in [0.05, 0.1) is 10.6 Å². The Bertz CT molecular complexity index is 538. The molecule has 0 aromatic heterocycles. The van der Waals surface area contributed by atoms with E-state index >= 15 is 0 Å². The topological polar surface area (TPSA) is 110 Å². The summed E-state index contributed by atoms with van der Waals surface area (Å²) >= 11 is 0. The first-order valence-electron chi connectivity index (χ1n) is 4.63. The van der Waals surface area contributed by atoms with Crippen molar-refractivity contribution in [2.24, 2.45) is 5.73 Å². The van der Waals surface area contributed by atoms with Crippen LogP contribution in [0.4, 0.5) is 5.69 Å². The third-order valence-corrected chi connectivity index (χ3v) is 2.12. The molecule has 0 unspecified atom stereocenters. The minimum atomic E-state index is -0.542. The summed E-state index contributed by atoms with van der Waals surface area (Å²) < 4.78 is 0. The summed E-state index contributed by atoms with van der Waals surface area (Å²) in [4.78, 5) is 21.0. The number of nitro groups is 1. The van der Waals surface area contributed by atoms with E-state index in [0.717, 1.165) is 0 Å².